The molecule has 0 aliphatic rings. The zero-order valence-corrected chi connectivity index (χ0v) is 13.1. The fourth-order valence-electron chi connectivity index (χ4n) is 1.83. The van der Waals surface area contributed by atoms with Crippen LogP contribution in [0.3, 0.4) is 0 Å². The number of hydrogen-bond donors (Lipinski definition) is 0. The highest BCUT2D eigenvalue weighted by Gasteiger charge is 2.16. The van der Waals surface area contributed by atoms with Gasteiger partial charge in [-0.25, -0.2) is 0 Å². The Labute approximate surface area is 119 Å². The standard InChI is InChI=1S/C13H15BrN2OS/c1-4-9-5-6-12(18-9)11(17)7-10-13(14)8(2)15-16(10)3/h5-6H,4,7H2,1-3H3. The van der Waals surface area contributed by atoms with Gasteiger partial charge in [-0.1, -0.05) is 6.92 Å². The molecule has 18 heavy (non-hydrogen) atoms. The summed E-state index contributed by atoms with van der Waals surface area (Å²) < 4.78 is 2.71. The summed E-state index contributed by atoms with van der Waals surface area (Å²) in [6.07, 6.45) is 1.37. The van der Waals surface area contributed by atoms with E-state index in [0.717, 1.165) is 27.2 Å². The van der Waals surface area contributed by atoms with Crippen LogP contribution in [-0.4, -0.2) is 15.6 Å². The number of nitrogens with zero attached hydrogens (tertiary/aromatic N) is 2. The quantitative estimate of drug-likeness (QED) is 0.805. The minimum Gasteiger partial charge on any atom is -0.293 e. The third kappa shape index (κ3) is 2.57. The van der Waals surface area contributed by atoms with Crippen molar-refractivity contribution < 1.29 is 4.79 Å². The summed E-state index contributed by atoms with van der Waals surface area (Å²) in [7, 11) is 1.87. The Hall–Kier alpha value is -0.940. The van der Waals surface area contributed by atoms with Crippen molar-refractivity contribution >= 4 is 33.0 Å². The highest BCUT2D eigenvalue weighted by Crippen LogP contribution is 2.24. The number of rotatable bonds is 4. The number of aromatic nitrogens is 2. The van der Waals surface area contributed by atoms with E-state index in [-0.39, 0.29) is 5.78 Å². The van der Waals surface area contributed by atoms with Gasteiger partial charge in [-0.3, -0.25) is 9.48 Å². The van der Waals surface area contributed by atoms with E-state index in [1.54, 1.807) is 16.0 Å². The molecule has 96 valence electrons. The lowest BCUT2D eigenvalue weighted by molar-refractivity contribution is 0.0994. The van der Waals surface area contributed by atoms with Crippen LogP contribution in [0.5, 0.6) is 0 Å². The first kappa shape index (κ1) is 13.5. The Morgan fingerprint density at radius 2 is 2.22 bits per heavy atom. The van der Waals surface area contributed by atoms with Gasteiger partial charge in [-0.2, -0.15) is 5.10 Å². The molecule has 2 heterocycles. The van der Waals surface area contributed by atoms with Crippen LogP contribution < -0.4 is 0 Å². The van der Waals surface area contributed by atoms with Crippen LogP contribution in [0, 0.1) is 6.92 Å². The van der Waals surface area contributed by atoms with Crippen molar-refractivity contribution in [3.8, 4) is 0 Å². The molecule has 3 nitrogen and oxygen atoms in total. The summed E-state index contributed by atoms with van der Waals surface area (Å²) in [6, 6.07) is 3.95. The normalized spacial score (nSPS) is 10.9. The van der Waals surface area contributed by atoms with Crippen molar-refractivity contribution in [1.82, 2.24) is 9.78 Å². The van der Waals surface area contributed by atoms with E-state index in [1.165, 1.54) is 4.88 Å². The van der Waals surface area contributed by atoms with Gasteiger partial charge < -0.3 is 0 Å². The van der Waals surface area contributed by atoms with Gasteiger partial charge in [0, 0.05) is 11.9 Å². The molecule has 2 aromatic rings. The maximum Gasteiger partial charge on any atom is 0.178 e. The van der Waals surface area contributed by atoms with E-state index in [4.69, 9.17) is 0 Å². The average molecular weight is 327 g/mol. The predicted octanol–water partition coefficient (Wildman–Crippen LogP) is 3.54. The van der Waals surface area contributed by atoms with Crippen molar-refractivity contribution in [2.75, 3.05) is 0 Å². The SMILES string of the molecule is CCc1ccc(C(=O)Cc2c(Br)c(C)nn2C)s1. The lowest BCUT2D eigenvalue weighted by Crippen LogP contribution is -2.07. The summed E-state index contributed by atoms with van der Waals surface area (Å²) in [6.45, 7) is 4.03. The van der Waals surface area contributed by atoms with Crippen molar-refractivity contribution in [3.63, 3.8) is 0 Å². The van der Waals surface area contributed by atoms with E-state index in [2.05, 4.69) is 28.0 Å². The molecule has 2 rings (SSSR count). The van der Waals surface area contributed by atoms with Crippen LogP contribution in [-0.2, 0) is 19.9 Å². The molecule has 0 N–H and O–H groups in total. The van der Waals surface area contributed by atoms with E-state index >= 15 is 0 Å². The molecule has 0 fully saturated rings. The molecule has 0 atom stereocenters. The van der Waals surface area contributed by atoms with Gasteiger partial charge in [-0.15, -0.1) is 11.3 Å². The molecule has 0 bridgehead atoms. The molecule has 0 aliphatic heterocycles. The maximum atomic E-state index is 12.2. The lowest BCUT2D eigenvalue weighted by atomic mass is 10.2. The molecule has 0 amide bonds. The number of ketones is 1. The summed E-state index contributed by atoms with van der Waals surface area (Å²) in [5, 5.41) is 4.30. The molecule has 0 saturated heterocycles. The lowest BCUT2D eigenvalue weighted by Gasteiger charge is -2.01. The monoisotopic (exact) mass is 326 g/mol. The largest absolute Gasteiger partial charge is 0.293 e. The number of carbonyl (C=O) groups is 1. The second-order valence-electron chi connectivity index (χ2n) is 4.19. The molecule has 0 saturated carbocycles. The van der Waals surface area contributed by atoms with E-state index in [1.807, 2.05) is 26.1 Å². The summed E-state index contributed by atoms with van der Waals surface area (Å²) in [4.78, 5) is 14.3. The average Bonchev–Trinajstić information content (AvgIpc) is 2.90. The fourth-order valence-corrected chi connectivity index (χ4v) is 3.19. The first-order valence-electron chi connectivity index (χ1n) is 5.82. The van der Waals surface area contributed by atoms with Gasteiger partial charge in [0.05, 0.1) is 27.2 Å². The van der Waals surface area contributed by atoms with Gasteiger partial charge in [0.2, 0.25) is 0 Å². The number of aryl methyl sites for hydroxylation is 3. The maximum absolute atomic E-state index is 12.2. The van der Waals surface area contributed by atoms with Crippen molar-refractivity contribution in [2.45, 2.75) is 26.7 Å². The third-order valence-electron chi connectivity index (χ3n) is 2.87. The molecule has 0 radical (unpaired) electrons. The Bertz CT molecular complexity index is 586. The fraction of sp³-hybridized carbons (Fsp3) is 0.385. The number of carbonyl (C=O) groups excluding carboxylic acids is 1. The van der Waals surface area contributed by atoms with E-state index < -0.39 is 0 Å². The topological polar surface area (TPSA) is 34.9 Å². The highest BCUT2D eigenvalue weighted by molar-refractivity contribution is 9.10. The number of hydrogen-bond acceptors (Lipinski definition) is 3. The molecule has 0 unspecified atom stereocenters. The van der Waals surface area contributed by atoms with Crippen molar-refractivity contribution in [2.24, 2.45) is 7.05 Å². The van der Waals surface area contributed by atoms with Crippen LogP contribution in [0.1, 0.15) is 32.9 Å². The zero-order chi connectivity index (χ0) is 13.3. The molecular formula is C13H15BrN2OS. The minimum absolute atomic E-state index is 0.156. The van der Waals surface area contributed by atoms with E-state index in [0.29, 0.717) is 6.42 Å². The first-order valence-corrected chi connectivity index (χ1v) is 7.43. The Morgan fingerprint density at radius 3 is 2.72 bits per heavy atom. The van der Waals surface area contributed by atoms with Gasteiger partial charge in [0.15, 0.2) is 5.78 Å². The minimum atomic E-state index is 0.156. The summed E-state index contributed by atoms with van der Waals surface area (Å²) in [5.41, 5.74) is 1.85. The smallest absolute Gasteiger partial charge is 0.178 e. The first-order chi connectivity index (χ1) is 8.52. The van der Waals surface area contributed by atoms with Gasteiger partial charge >= 0.3 is 0 Å². The molecule has 2 aromatic heterocycles. The van der Waals surface area contributed by atoms with Crippen LogP contribution in [0.25, 0.3) is 0 Å². The Kier molecular flexibility index (Phi) is 4.02. The van der Waals surface area contributed by atoms with Crippen molar-refractivity contribution in [3.05, 3.63) is 37.7 Å². The molecule has 5 heteroatoms. The van der Waals surface area contributed by atoms with Gasteiger partial charge in [0.25, 0.3) is 0 Å². The number of Topliss-reactive ketones (excluding diaryl/α,β-unsaturated/α-hetero) is 1. The van der Waals surface area contributed by atoms with Gasteiger partial charge in [-0.05, 0) is 41.4 Å². The number of halogens is 1. The van der Waals surface area contributed by atoms with Crippen LogP contribution in [0.15, 0.2) is 16.6 Å². The highest BCUT2D eigenvalue weighted by atomic mass is 79.9. The number of thiophene rings is 1. The second-order valence-corrected chi connectivity index (χ2v) is 6.15. The molecule has 0 spiro atoms. The van der Waals surface area contributed by atoms with Crippen LogP contribution >= 0.6 is 27.3 Å². The van der Waals surface area contributed by atoms with Gasteiger partial charge in [0.1, 0.15) is 0 Å². The summed E-state index contributed by atoms with van der Waals surface area (Å²) >= 11 is 5.07. The van der Waals surface area contributed by atoms with Crippen LogP contribution in [0.4, 0.5) is 0 Å². The molecule has 0 aliphatic carbocycles. The molecule has 0 aromatic carbocycles. The Morgan fingerprint density at radius 1 is 1.50 bits per heavy atom. The second kappa shape index (κ2) is 5.36. The van der Waals surface area contributed by atoms with Crippen LogP contribution in [0.2, 0.25) is 0 Å². The van der Waals surface area contributed by atoms with Crippen molar-refractivity contribution in [1.29, 1.82) is 0 Å². The zero-order valence-electron chi connectivity index (χ0n) is 10.7. The Balaban J connectivity index is 2.21. The predicted molar refractivity (Wildman–Crippen MR) is 77.4 cm³/mol. The summed E-state index contributed by atoms with van der Waals surface area (Å²) in [5.74, 6) is 0.156. The molecular weight excluding hydrogens is 312 g/mol. The third-order valence-corrected chi connectivity index (χ3v) is 5.18. The van der Waals surface area contributed by atoms with E-state index in [9.17, 15) is 4.79 Å².